The summed E-state index contributed by atoms with van der Waals surface area (Å²) < 4.78 is 19.3. The number of carbonyl (C=O) groups is 2. The third-order valence-electron chi connectivity index (χ3n) is 3.90. The molecule has 2 unspecified atom stereocenters. The van der Waals surface area contributed by atoms with Gasteiger partial charge in [-0.1, -0.05) is 26.0 Å². The molecule has 1 aromatic heterocycles. The third kappa shape index (κ3) is 4.68. The summed E-state index contributed by atoms with van der Waals surface area (Å²) in [7, 11) is 0. The van der Waals surface area contributed by atoms with E-state index in [-0.39, 0.29) is 23.4 Å². The Balaban J connectivity index is 2.08. The number of hydrogen-bond acceptors (Lipinski definition) is 3. The number of aryl methyl sites for hydroxylation is 1. The Morgan fingerprint density at radius 1 is 1.04 bits per heavy atom. The topological polar surface area (TPSA) is 71.3 Å². The summed E-state index contributed by atoms with van der Waals surface area (Å²) in [6.07, 6.45) is 0. The second-order valence-corrected chi connectivity index (χ2v) is 6.35. The van der Waals surface area contributed by atoms with Crippen molar-refractivity contribution in [2.45, 2.75) is 39.8 Å². The Kier molecular flexibility index (Phi) is 5.96. The first-order chi connectivity index (χ1) is 11.8. The lowest BCUT2D eigenvalue weighted by Gasteiger charge is -2.23. The predicted molar refractivity (Wildman–Crippen MR) is 92.5 cm³/mol. The van der Waals surface area contributed by atoms with Crippen molar-refractivity contribution in [1.29, 1.82) is 0 Å². The van der Waals surface area contributed by atoms with Gasteiger partial charge in [0.2, 0.25) is 5.91 Å². The molecule has 0 aliphatic carbocycles. The molecule has 5 nitrogen and oxygen atoms in total. The quantitative estimate of drug-likeness (QED) is 0.842. The number of halogens is 1. The zero-order chi connectivity index (χ0) is 18.6. The van der Waals surface area contributed by atoms with Crippen LogP contribution in [-0.4, -0.2) is 17.9 Å². The van der Waals surface area contributed by atoms with E-state index in [2.05, 4.69) is 10.6 Å². The van der Waals surface area contributed by atoms with Crippen LogP contribution in [0.1, 0.15) is 48.7 Å². The molecule has 0 radical (unpaired) electrons. The molecule has 25 heavy (non-hydrogen) atoms. The van der Waals surface area contributed by atoms with Crippen LogP contribution in [0, 0.1) is 18.7 Å². The minimum absolute atomic E-state index is 0.0874. The second-order valence-electron chi connectivity index (χ2n) is 6.35. The number of benzene rings is 1. The molecule has 2 aromatic rings. The number of carbonyl (C=O) groups excluding carboxylic acids is 2. The van der Waals surface area contributed by atoms with E-state index in [0.29, 0.717) is 5.76 Å². The minimum atomic E-state index is -0.786. The van der Waals surface area contributed by atoms with E-state index in [1.54, 1.807) is 19.1 Å². The van der Waals surface area contributed by atoms with E-state index < -0.39 is 17.8 Å². The van der Waals surface area contributed by atoms with Gasteiger partial charge >= 0.3 is 0 Å². The second kappa shape index (κ2) is 7.96. The third-order valence-corrected chi connectivity index (χ3v) is 3.90. The van der Waals surface area contributed by atoms with E-state index in [9.17, 15) is 14.0 Å². The van der Waals surface area contributed by atoms with Crippen molar-refractivity contribution in [3.8, 4) is 0 Å². The van der Waals surface area contributed by atoms with Crippen LogP contribution in [0.5, 0.6) is 0 Å². The van der Waals surface area contributed by atoms with Gasteiger partial charge in [0, 0.05) is 0 Å². The molecule has 0 saturated heterocycles. The fourth-order valence-corrected chi connectivity index (χ4v) is 2.46. The first-order valence-electron chi connectivity index (χ1n) is 8.21. The molecule has 1 heterocycles. The van der Waals surface area contributed by atoms with Crippen molar-refractivity contribution in [3.05, 3.63) is 59.3 Å². The number of furan rings is 1. The molecule has 0 aliphatic rings. The van der Waals surface area contributed by atoms with Crippen LogP contribution in [0.25, 0.3) is 0 Å². The molecule has 6 heteroatoms. The average molecular weight is 346 g/mol. The van der Waals surface area contributed by atoms with Crippen molar-refractivity contribution in [2.24, 2.45) is 5.92 Å². The average Bonchev–Trinajstić information content (AvgIpc) is 2.99. The number of amides is 2. The Morgan fingerprint density at radius 3 is 2.28 bits per heavy atom. The minimum Gasteiger partial charge on any atom is -0.464 e. The summed E-state index contributed by atoms with van der Waals surface area (Å²) in [6.45, 7) is 7.25. The molecular weight excluding hydrogens is 323 g/mol. The van der Waals surface area contributed by atoms with Gasteiger partial charge in [0.25, 0.3) is 5.91 Å². The Morgan fingerprint density at radius 2 is 1.72 bits per heavy atom. The Labute approximate surface area is 146 Å². The smallest absolute Gasteiger partial charge is 0.254 e. The molecule has 134 valence electrons. The van der Waals surface area contributed by atoms with Gasteiger partial charge in [-0.25, -0.2) is 4.39 Å². The first kappa shape index (κ1) is 18.7. The zero-order valence-electron chi connectivity index (χ0n) is 14.8. The summed E-state index contributed by atoms with van der Waals surface area (Å²) in [5.74, 6) is -0.364. The van der Waals surface area contributed by atoms with Gasteiger partial charge in [0.15, 0.2) is 0 Å². The molecule has 0 bridgehead atoms. The fraction of sp³-hybridized carbons (Fsp3) is 0.368. The molecule has 2 atom stereocenters. The molecule has 0 spiro atoms. The molecule has 2 rings (SSSR count). The largest absolute Gasteiger partial charge is 0.464 e. The van der Waals surface area contributed by atoms with Crippen LogP contribution >= 0.6 is 0 Å². The van der Waals surface area contributed by atoms with Gasteiger partial charge in [-0.05, 0) is 44.0 Å². The molecule has 0 aliphatic heterocycles. The maximum atomic E-state index is 13.8. The van der Waals surface area contributed by atoms with E-state index in [1.807, 2.05) is 26.8 Å². The van der Waals surface area contributed by atoms with E-state index in [1.165, 1.54) is 18.2 Å². The van der Waals surface area contributed by atoms with Crippen molar-refractivity contribution in [3.63, 3.8) is 0 Å². The lowest BCUT2D eigenvalue weighted by atomic mass is 10.0. The highest BCUT2D eigenvalue weighted by Crippen LogP contribution is 2.16. The summed E-state index contributed by atoms with van der Waals surface area (Å²) in [4.78, 5) is 24.9. The Hall–Kier alpha value is -2.63. The first-order valence-corrected chi connectivity index (χ1v) is 8.21. The van der Waals surface area contributed by atoms with Crippen molar-refractivity contribution in [2.75, 3.05) is 0 Å². The van der Waals surface area contributed by atoms with Gasteiger partial charge in [-0.2, -0.15) is 0 Å². The highest BCUT2D eigenvalue weighted by Gasteiger charge is 2.27. The van der Waals surface area contributed by atoms with Crippen LogP contribution in [0.3, 0.4) is 0 Å². The van der Waals surface area contributed by atoms with Crippen LogP contribution in [0.2, 0.25) is 0 Å². The molecule has 2 N–H and O–H groups in total. The van der Waals surface area contributed by atoms with Gasteiger partial charge in [-0.3, -0.25) is 9.59 Å². The van der Waals surface area contributed by atoms with E-state index >= 15 is 0 Å². The maximum Gasteiger partial charge on any atom is 0.254 e. The monoisotopic (exact) mass is 346 g/mol. The molecule has 0 saturated carbocycles. The van der Waals surface area contributed by atoms with Gasteiger partial charge in [0.1, 0.15) is 23.4 Å². The highest BCUT2D eigenvalue weighted by atomic mass is 19.1. The SMILES string of the molecule is Cc1ccc(C(C)NC(=O)C(NC(=O)c2ccccc2F)C(C)C)o1. The maximum absolute atomic E-state index is 13.8. The standard InChI is InChI=1S/C19H23FN2O3/c1-11(2)17(22-18(23)14-7-5-6-8-15(14)20)19(24)21-13(4)16-10-9-12(3)25-16/h5-11,13,17H,1-4H3,(H,21,24)(H,22,23). The molecule has 1 aromatic carbocycles. The lowest BCUT2D eigenvalue weighted by molar-refractivity contribution is -0.124. The molecule has 0 fully saturated rings. The van der Waals surface area contributed by atoms with Gasteiger partial charge in [0.05, 0.1) is 11.6 Å². The van der Waals surface area contributed by atoms with Crippen molar-refractivity contribution >= 4 is 11.8 Å². The van der Waals surface area contributed by atoms with Crippen LogP contribution < -0.4 is 10.6 Å². The predicted octanol–water partition coefficient (Wildman–Crippen LogP) is 3.36. The molecular formula is C19H23FN2O3. The molecule has 2 amide bonds. The fourth-order valence-electron chi connectivity index (χ4n) is 2.46. The number of hydrogen-bond donors (Lipinski definition) is 2. The van der Waals surface area contributed by atoms with Crippen molar-refractivity contribution < 1.29 is 18.4 Å². The number of nitrogens with one attached hydrogen (secondary N) is 2. The normalized spacial score (nSPS) is 13.4. The van der Waals surface area contributed by atoms with Crippen LogP contribution in [0.15, 0.2) is 40.8 Å². The van der Waals surface area contributed by atoms with Crippen LogP contribution in [0.4, 0.5) is 4.39 Å². The van der Waals surface area contributed by atoms with Gasteiger partial charge < -0.3 is 15.1 Å². The zero-order valence-corrected chi connectivity index (χ0v) is 14.8. The summed E-state index contributed by atoms with van der Waals surface area (Å²) in [6, 6.07) is 8.16. The Bertz CT molecular complexity index is 755. The highest BCUT2D eigenvalue weighted by molar-refractivity contribution is 5.97. The number of rotatable bonds is 6. The summed E-state index contributed by atoms with van der Waals surface area (Å²) >= 11 is 0. The summed E-state index contributed by atoms with van der Waals surface area (Å²) in [5.41, 5.74) is -0.0874. The van der Waals surface area contributed by atoms with E-state index in [4.69, 9.17) is 4.42 Å². The summed E-state index contributed by atoms with van der Waals surface area (Å²) in [5, 5.41) is 5.44. The van der Waals surface area contributed by atoms with Crippen LogP contribution in [-0.2, 0) is 4.79 Å². The van der Waals surface area contributed by atoms with Gasteiger partial charge in [-0.15, -0.1) is 0 Å². The van der Waals surface area contributed by atoms with Crippen molar-refractivity contribution in [1.82, 2.24) is 10.6 Å². The lowest BCUT2D eigenvalue weighted by Crippen LogP contribution is -2.50. The van der Waals surface area contributed by atoms with E-state index in [0.717, 1.165) is 5.76 Å².